The van der Waals surface area contributed by atoms with Crippen LogP contribution in [-0.4, -0.2) is 15.2 Å². The Morgan fingerprint density at radius 1 is 1.67 bits per heavy atom. The molecular weight excluding hydrogens is 214 g/mol. The fourth-order valence-corrected chi connectivity index (χ4v) is 1.92. The monoisotopic (exact) mass is 227 g/mol. The van der Waals surface area contributed by atoms with Crippen molar-refractivity contribution < 1.29 is 4.92 Å². The summed E-state index contributed by atoms with van der Waals surface area (Å²) in [6.45, 7) is 4.02. The third kappa shape index (κ3) is 3.09. The lowest BCUT2D eigenvalue weighted by molar-refractivity contribution is -0.388. The van der Waals surface area contributed by atoms with Crippen LogP contribution in [0.4, 0.5) is 11.5 Å². The van der Waals surface area contributed by atoms with E-state index in [-0.39, 0.29) is 10.9 Å². The van der Waals surface area contributed by atoms with Gasteiger partial charge in [-0.2, -0.15) is 0 Å². The van der Waals surface area contributed by atoms with E-state index in [1.165, 1.54) is 23.9 Å². The molecule has 0 saturated heterocycles. The first-order chi connectivity index (χ1) is 7.04. The van der Waals surface area contributed by atoms with Crippen LogP contribution in [0, 0.1) is 10.1 Å². The molecule has 0 radical (unpaired) electrons. The molecule has 1 heterocycles. The number of anilines is 1. The van der Waals surface area contributed by atoms with Crippen molar-refractivity contribution in [2.24, 2.45) is 0 Å². The first-order valence-electron chi connectivity index (χ1n) is 4.62. The summed E-state index contributed by atoms with van der Waals surface area (Å²) in [4.78, 5) is 14.3. The maximum absolute atomic E-state index is 10.7. The average Bonchev–Trinajstić information content (AvgIpc) is 2.17. The quantitative estimate of drug-likeness (QED) is 0.485. The van der Waals surface area contributed by atoms with Crippen molar-refractivity contribution in [1.82, 2.24) is 4.98 Å². The number of hydrogen-bond donors (Lipinski definition) is 1. The van der Waals surface area contributed by atoms with E-state index in [2.05, 4.69) is 4.98 Å². The molecule has 0 aliphatic rings. The summed E-state index contributed by atoms with van der Waals surface area (Å²) < 4.78 is 0. The number of nitrogens with two attached hydrogens (primary N) is 1. The topological polar surface area (TPSA) is 82.0 Å². The summed E-state index contributed by atoms with van der Waals surface area (Å²) in [5.74, 6) is 0.311. The van der Waals surface area contributed by atoms with Crippen LogP contribution in [0.15, 0.2) is 17.2 Å². The number of nitrogens with zero attached hydrogens (tertiary/aromatic N) is 2. The van der Waals surface area contributed by atoms with Crippen LogP contribution in [0.25, 0.3) is 0 Å². The third-order valence-electron chi connectivity index (χ3n) is 1.95. The number of nitro groups is 1. The third-order valence-corrected chi connectivity index (χ3v) is 3.21. The van der Waals surface area contributed by atoms with E-state index in [9.17, 15) is 10.1 Å². The number of thioether (sulfide) groups is 1. The van der Waals surface area contributed by atoms with Gasteiger partial charge in [-0.05, 0) is 12.5 Å². The van der Waals surface area contributed by atoms with Gasteiger partial charge in [-0.15, -0.1) is 0 Å². The molecule has 0 aliphatic heterocycles. The summed E-state index contributed by atoms with van der Waals surface area (Å²) >= 11 is 1.38. The van der Waals surface area contributed by atoms with Gasteiger partial charge in [-0.25, -0.2) is 4.98 Å². The Morgan fingerprint density at radius 3 is 2.87 bits per heavy atom. The second-order valence-corrected chi connectivity index (χ2v) is 4.58. The van der Waals surface area contributed by atoms with Gasteiger partial charge in [0.25, 0.3) is 0 Å². The molecule has 15 heavy (non-hydrogen) atoms. The molecule has 0 spiro atoms. The Balaban J connectivity index is 3.02. The minimum Gasteiger partial charge on any atom is -0.384 e. The van der Waals surface area contributed by atoms with E-state index < -0.39 is 4.92 Å². The van der Waals surface area contributed by atoms with Gasteiger partial charge in [-0.3, -0.25) is 10.1 Å². The zero-order chi connectivity index (χ0) is 11.4. The molecule has 1 rings (SSSR count). The van der Waals surface area contributed by atoms with Crippen LogP contribution in [0.5, 0.6) is 0 Å². The zero-order valence-corrected chi connectivity index (χ0v) is 9.45. The Hall–Kier alpha value is -1.30. The van der Waals surface area contributed by atoms with Crippen LogP contribution in [-0.2, 0) is 0 Å². The number of hydrogen-bond acceptors (Lipinski definition) is 5. The van der Waals surface area contributed by atoms with E-state index in [0.29, 0.717) is 10.8 Å². The summed E-state index contributed by atoms with van der Waals surface area (Å²) in [5, 5.41) is 11.4. The molecule has 1 aromatic heterocycles. The van der Waals surface area contributed by atoms with Crippen molar-refractivity contribution in [3.05, 3.63) is 22.2 Å². The van der Waals surface area contributed by atoms with Gasteiger partial charge >= 0.3 is 5.69 Å². The van der Waals surface area contributed by atoms with Crippen molar-refractivity contribution in [2.75, 3.05) is 5.73 Å². The highest BCUT2D eigenvalue weighted by molar-refractivity contribution is 8.00. The Bertz CT molecular complexity index is 370. The van der Waals surface area contributed by atoms with Gasteiger partial charge in [0, 0.05) is 11.3 Å². The van der Waals surface area contributed by atoms with Gasteiger partial charge in [0.15, 0.2) is 5.03 Å². The lowest BCUT2D eigenvalue weighted by Crippen LogP contribution is -2.00. The summed E-state index contributed by atoms with van der Waals surface area (Å²) in [6, 6.07) is 2.84. The van der Waals surface area contributed by atoms with Gasteiger partial charge in [0.05, 0.1) is 4.92 Å². The highest BCUT2D eigenvalue weighted by Crippen LogP contribution is 2.31. The minimum atomic E-state index is -0.433. The van der Waals surface area contributed by atoms with Crippen LogP contribution in [0.2, 0.25) is 0 Å². The van der Waals surface area contributed by atoms with Gasteiger partial charge in [0.2, 0.25) is 0 Å². The molecular formula is C9H13N3O2S. The maximum atomic E-state index is 10.7. The number of rotatable bonds is 4. The SMILES string of the molecule is CCC(C)Sc1nc(N)ccc1[N+](=O)[O-]. The van der Waals surface area contributed by atoms with Crippen molar-refractivity contribution in [3.63, 3.8) is 0 Å². The Labute approximate surface area is 92.2 Å². The van der Waals surface area contributed by atoms with Crippen molar-refractivity contribution in [2.45, 2.75) is 30.5 Å². The maximum Gasteiger partial charge on any atom is 0.301 e. The van der Waals surface area contributed by atoms with Crippen LogP contribution in [0.3, 0.4) is 0 Å². The number of pyridine rings is 1. The van der Waals surface area contributed by atoms with Crippen LogP contribution in [0.1, 0.15) is 20.3 Å². The number of nitrogen functional groups attached to an aromatic ring is 1. The van der Waals surface area contributed by atoms with E-state index in [1.807, 2.05) is 13.8 Å². The van der Waals surface area contributed by atoms with E-state index >= 15 is 0 Å². The van der Waals surface area contributed by atoms with Crippen LogP contribution >= 0.6 is 11.8 Å². The zero-order valence-electron chi connectivity index (χ0n) is 8.64. The average molecular weight is 227 g/mol. The molecule has 0 fully saturated rings. The molecule has 2 N–H and O–H groups in total. The molecule has 0 bridgehead atoms. The second-order valence-electron chi connectivity index (χ2n) is 3.15. The van der Waals surface area contributed by atoms with Crippen molar-refractivity contribution >= 4 is 23.3 Å². The van der Waals surface area contributed by atoms with E-state index in [1.54, 1.807) is 0 Å². The van der Waals surface area contributed by atoms with Crippen LogP contribution < -0.4 is 5.73 Å². The van der Waals surface area contributed by atoms with Gasteiger partial charge in [-0.1, -0.05) is 25.6 Å². The lowest BCUT2D eigenvalue weighted by Gasteiger charge is -2.07. The fourth-order valence-electron chi connectivity index (χ4n) is 0.947. The second kappa shape index (κ2) is 4.97. The summed E-state index contributed by atoms with van der Waals surface area (Å²) in [6.07, 6.45) is 0.929. The van der Waals surface area contributed by atoms with E-state index in [4.69, 9.17) is 5.73 Å². The Kier molecular flexibility index (Phi) is 3.90. The largest absolute Gasteiger partial charge is 0.384 e. The molecule has 5 nitrogen and oxygen atoms in total. The van der Waals surface area contributed by atoms with Crippen molar-refractivity contribution in [1.29, 1.82) is 0 Å². The molecule has 0 aromatic carbocycles. The molecule has 1 unspecified atom stereocenters. The predicted molar refractivity (Wildman–Crippen MR) is 60.9 cm³/mol. The first-order valence-corrected chi connectivity index (χ1v) is 5.50. The standard InChI is InChI=1S/C9H13N3O2S/c1-3-6(2)15-9-7(12(13)14)4-5-8(10)11-9/h4-6H,3H2,1-2H3,(H2,10,11). The van der Waals surface area contributed by atoms with Gasteiger partial charge < -0.3 is 5.73 Å². The molecule has 0 saturated carbocycles. The molecule has 0 amide bonds. The summed E-state index contributed by atoms with van der Waals surface area (Å²) in [7, 11) is 0. The predicted octanol–water partition coefficient (Wildman–Crippen LogP) is 2.46. The van der Waals surface area contributed by atoms with Crippen molar-refractivity contribution in [3.8, 4) is 0 Å². The fraction of sp³-hybridized carbons (Fsp3) is 0.444. The van der Waals surface area contributed by atoms with E-state index in [0.717, 1.165) is 6.42 Å². The highest BCUT2D eigenvalue weighted by Gasteiger charge is 2.17. The van der Waals surface area contributed by atoms with Gasteiger partial charge in [0.1, 0.15) is 5.82 Å². The smallest absolute Gasteiger partial charge is 0.301 e. The molecule has 0 aliphatic carbocycles. The summed E-state index contributed by atoms with van der Waals surface area (Å²) in [5.41, 5.74) is 5.52. The molecule has 1 aromatic rings. The lowest BCUT2D eigenvalue weighted by atomic mass is 10.4. The highest BCUT2D eigenvalue weighted by atomic mass is 32.2. The number of aromatic nitrogens is 1. The molecule has 6 heteroatoms. The Morgan fingerprint density at radius 2 is 2.33 bits per heavy atom. The normalized spacial score (nSPS) is 12.4. The molecule has 82 valence electrons. The first kappa shape index (κ1) is 11.8. The molecule has 1 atom stereocenters. The minimum absolute atomic E-state index is 0.0227.